The predicted octanol–water partition coefficient (Wildman–Crippen LogP) is 4.91. The molecule has 5 nitrogen and oxygen atoms in total. The standard InChI is InChI=1S/C26H28FNO4/c27-23-9-5-19(6-10-23)17-32-24-11-7-18(8-12-24)13-22(26(30)31)14-25(29)28-15-20-3-1-2-4-21(20)16-28/h5-13,20-21H,1-4,14-17H2,(H,30,31)/b22-13+/t20-,21+. The van der Waals surface area contributed by atoms with Gasteiger partial charge in [-0.05, 0) is 66.1 Å². The number of amides is 1. The van der Waals surface area contributed by atoms with Gasteiger partial charge in [-0.1, -0.05) is 37.1 Å². The third-order valence-electron chi connectivity index (χ3n) is 6.49. The number of fused-ring (bicyclic) bond motifs is 1. The fraction of sp³-hybridized carbons (Fsp3) is 0.385. The zero-order chi connectivity index (χ0) is 22.5. The van der Waals surface area contributed by atoms with E-state index >= 15 is 0 Å². The number of hydrogen-bond donors (Lipinski definition) is 1. The first-order valence-electron chi connectivity index (χ1n) is 11.2. The van der Waals surface area contributed by atoms with Gasteiger partial charge >= 0.3 is 5.97 Å². The summed E-state index contributed by atoms with van der Waals surface area (Å²) in [6.07, 6.45) is 6.25. The van der Waals surface area contributed by atoms with Crippen LogP contribution < -0.4 is 4.74 Å². The number of rotatable bonds is 7. The van der Waals surface area contributed by atoms with Crippen molar-refractivity contribution in [2.24, 2.45) is 11.8 Å². The number of carboxylic acid groups (broad SMARTS) is 1. The number of nitrogens with zero attached hydrogens (tertiary/aromatic N) is 1. The van der Waals surface area contributed by atoms with E-state index in [1.807, 2.05) is 4.90 Å². The highest BCUT2D eigenvalue weighted by molar-refractivity contribution is 5.98. The van der Waals surface area contributed by atoms with Crippen molar-refractivity contribution in [2.45, 2.75) is 38.7 Å². The van der Waals surface area contributed by atoms with E-state index in [4.69, 9.17) is 4.74 Å². The second-order valence-corrected chi connectivity index (χ2v) is 8.74. The van der Waals surface area contributed by atoms with E-state index in [-0.39, 0.29) is 23.7 Å². The molecular formula is C26H28FNO4. The molecule has 1 amide bonds. The molecule has 2 aromatic rings. The quantitative estimate of drug-likeness (QED) is 0.625. The normalized spacial score (nSPS) is 20.7. The van der Waals surface area contributed by atoms with E-state index in [9.17, 15) is 19.1 Å². The van der Waals surface area contributed by atoms with Gasteiger partial charge in [0.1, 0.15) is 18.2 Å². The van der Waals surface area contributed by atoms with Crippen molar-refractivity contribution in [3.8, 4) is 5.75 Å². The zero-order valence-corrected chi connectivity index (χ0v) is 18.0. The lowest BCUT2D eigenvalue weighted by atomic mass is 9.82. The summed E-state index contributed by atoms with van der Waals surface area (Å²) in [6.45, 7) is 1.83. The second kappa shape index (κ2) is 9.98. The average Bonchev–Trinajstić information content (AvgIpc) is 3.23. The average molecular weight is 438 g/mol. The Kier molecular flexibility index (Phi) is 6.88. The third kappa shape index (κ3) is 5.55. The minimum absolute atomic E-state index is 0.0878. The van der Waals surface area contributed by atoms with E-state index < -0.39 is 5.97 Å². The van der Waals surface area contributed by atoms with E-state index in [1.54, 1.807) is 42.5 Å². The highest BCUT2D eigenvalue weighted by Gasteiger charge is 2.36. The van der Waals surface area contributed by atoms with Gasteiger partial charge in [-0.25, -0.2) is 9.18 Å². The molecule has 2 fully saturated rings. The minimum atomic E-state index is -1.08. The van der Waals surface area contributed by atoms with Crippen LogP contribution in [0.1, 0.15) is 43.2 Å². The number of carbonyl (C=O) groups is 2. The predicted molar refractivity (Wildman–Crippen MR) is 119 cm³/mol. The van der Waals surface area contributed by atoms with Crippen molar-refractivity contribution >= 4 is 18.0 Å². The van der Waals surface area contributed by atoms with E-state index in [0.29, 0.717) is 29.8 Å². The molecule has 2 aliphatic rings. The van der Waals surface area contributed by atoms with Gasteiger partial charge < -0.3 is 14.7 Å². The maximum atomic E-state index is 13.0. The molecule has 0 spiro atoms. The molecule has 2 aromatic carbocycles. The molecule has 1 saturated carbocycles. The Balaban J connectivity index is 1.36. The second-order valence-electron chi connectivity index (χ2n) is 8.74. The zero-order valence-electron chi connectivity index (χ0n) is 18.0. The fourth-order valence-electron chi connectivity index (χ4n) is 4.68. The molecule has 0 bridgehead atoms. The van der Waals surface area contributed by atoms with Gasteiger partial charge in [0.05, 0.1) is 6.42 Å². The Hall–Kier alpha value is -3.15. The number of ether oxygens (including phenoxy) is 1. The molecule has 168 valence electrons. The largest absolute Gasteiger partial charge is 0.489 e. The van der Waals surface area contributed by atoms with Crippen molar-refractivity contribution in [1.82, 2.24) is 4.90 Å². The summed E-state index contributed by atoms with van der Waals surface area (Å²) in [4.78, 5) is 26.4. The van der Waals surface area contributed by atoms with Crippen molar-refractivity contribution < 1.29 is 23.8 Å². The molecule has 2 atom stereocenters. The molecule has 6 heteroatoms. The molecule has 0 unspecified atom stereocenters. The monoisotopic (exact) mass is 437 g/mol. The Morgan fingerprint density at radius 3 is 2.22 bits per heavy atom. The smallest absolute Gasteiger partial charge is 0.332 e. The van der Waals surface area contributed by atoms with Crippen LogP contribution in [-0.4, -0.2) is 35.0 Å². The number of carbonyl (C=O) groups excluding carboxylic acids is 1. The minimum Gasteiger partial charge on any atom is -0.489 e. The Labute approximate surface area is 187 Å². The van der Waals surface area contributed by atoms with Crippen molar-refractivity contribution in [2.75, 3.05) is 13.1 Å². The Bertz CT molecular complexity index is 970. The molecule has 0 aromatic heterocycles. The summed E-state index contributed by atoms with van der Waals surface area (Å²) in [7, 11) is 0. The molecule has 32 heavy (non-hydrogen) atoms. The lowest BCUT2D eigenvalue weighted by Gasteiger charge is -2.22. The number of carboxylic acids is 1. The van der Waals surface area contributed by atoms with Crippen molar-refractivity contribution in [3.05, 3.63) is 71.0 Å². The summed E-state index contributed by atoms with van der Waals surface area (Å²) in [5, 5.41) is 9.63. The maximum Gasteiger partial charge on any atom is 0.332 e. The molecule has 1 aliphatic heterocycles. The Morgan fingerprint density at radius 2 is 1.62 bits per heavy atom. The van der Waals surface area contributed by atoms with Crippen LogP contribution in [0.15, 0.2) is 54.1 Å². The molecule has 0 radical (unpaired) electrons. The summed E-state index contributed by atoms with van der Waals surface area (Å²) in [5.41, 5.74) is 1.63. The maximum absolute atomic E-state index is 13.0. The first kappa shape index (κ1) is 22.1. The van der Waals surface area contributed by atoms with Crippen LogP contribution in [0.25, 0.3) is 6.08 Å². The number of benzene rings is 2. The third-order valence-corrected chi connectivity index (χ3v) is 6.49. The first-order valence-corrected chi connectivity index (χ1v) is 11.2. The van der Waals surface area contributed by atoms with Gasteiger partial charge in [0, 0.05) is 18.7 Å². The summed E-state index contributed by atoms with van der Waals surface area (Å²) < 4.78 is 18.7. The van der Waals surface area contributed by atoms with Gasteiger partial charge in [0.15, 0.2) is 0 Å². The number of likely N-dealkylation sites (tertiary alicyclic amines) is 1. The lowest BCUT2D eigenvalue weighted by molar-refractivity contribution is -0.136. The van der Waals surface area contributed by atoms with Crippen LogP contribution in [0.3, 0.4) is 0 Å². The van der Waals surface area contributed by atoms with Crippen LogP contribution in [0, 0.1) is 17.7 Å². The Morgan fingerprint density at radius 1 is 1.00 bits per heavy atom. The molecular weight excluding hydrogens is 409 g/mol. The SMILES string of the molecule is O=C(O)/C(=C/c1ccc(OCc2ccc(F)cc2)cc1)CC(=O)N1C[C@H]2CCCC[C@H]2C1. The van der Waals surface area contributed by atoms with Gasteiger partial charge in [-0.15, -0.1) is 0 Å². The highest BCUT2D eigenvalue weighted by atomic mass is 19.1. The number of hydrogen-bond acceptors (Lipinski definition) is 3. The van der Waals surface area contributed by atoms with Crippen LogP contribution in [0.2, 0.25) is 0 Å². The van der Waals surface area contributed by atoms with E-state index in [1.165, 1.54) is 37.8 Å². The molecule has 1 aliphatic carbocycles. The lowest BCUT2D eigenvalue weighted by Crippen LogP contribution is -2.29. The molecule has 1 saturated heterocycles. The van der Waals surface area contributed by atoms with Gasteiger partial charge in [-0.3, -0.25) is 4.79 Å². The van der Waals surface area contributed by atoms with Gasteiger partial charge in [0.2, 0.25) is 5.91 Å². The van der Waals surface area contributed by atoms with Gasteiger partial charge in [-0.2, -0.15) is 0 Å². The van der Waals surface area contributed by atoms with Crippen molar-refractivity contribution in [1.29, 1.82) is 0 Å². The van der Waals surface area contributed by atoms with Crippen LogP contribution in [-0.2, 0) is 16.2 Å². The molecule has 1 heterocycles. The van der Waals surface area contributed by atoms with Gasteiger partial charge in [0.25, 0.3) is 0 Å². The summed E-state index contributed by atoms with van der Waals surface area (Å²) >= 11 is 0. The van der Waals surface area contributed by atoms with Crippen LogP contribution in [0.5, 0.6) is 5.75 Å². The first-order chi connectivity index (χ1) is 15.5. The van der Waals surface area contributed by atoms with Crippen LogP contribution >= 0.6 is 0 Å². The van der Waals surface area contributed by atoms with Crippen molar-refractivity contribution in [3.63, 3.8) is 0 Å². The van der Waals surface area contributed by atoms with E-state index in [2.05, 4.69) is 0 Å². The molecule has 1 N–H and O–H groups in total. The highest BCUT2D eigenvalue weighted by Crippen LogP contribution is 2.36. The fourth-order valence-corrected chi connectivity index (χ4v) is 4.68. The summed E-state index contributed by atoms with van der Waals surface area (Å²) in [6, 6.07) is 13.1. The number of aliphatic carboxylic acids is 1. The number of halogens is 1. The topological polar surface area (TPSA) is 66.8 Å². The molecule has 4 rings (SSSR count). The van der Waals surface area contributed by atoms with Crippen LogP contribution in [0.4, 0.5) is 4.39 Å². The van der Waals surface area contributed by atoms with E-state index in [0.717, 1.165) is 18.7 Å². The summed E-state index contributed by atoms with van der Waals surface area (Å²) in [5.74, 6) is 0.304.